The monoisotopic (exact) mass is 602 g/mol. The zero-order chi connectivity index (χ0) is 25.8. The van der Waals surface area contributed by atoms with E-state index < -0.39 is 0 Å². The Hall–Kier alpha value is -4.17. The van der Waals surface area contributed by atoms with Crippen molar-refractivity contribution >= 4 is 34.2 Å². The Bertz CT molecular complexity index is 1530. The molecule has 0 aliphatic carbocycles. The van der Waals surface area contributed by atoms with E-state index in [1.807, 2.05) is 72.8 Å². The predicted octanol–water partition coefficient (Wildman–Crippen LogP) is 5.49. The van der Waals surface area contributed by atoms with Crippen molar-refractivity contribution in [2.24, 2.45) is 0 Å². The van der Waals surface area contributed by atoms with Gasteiger partial charge < -0.3 is 14.4 Å². The van der Waals surface area contributed by atoms with Gasteiger partial charge in [-0.15, -0.1) is 5.10 Å². The number of aromatic nitrogens is 4. The number of rotatable bonds is 8. The summed E-state index contributed by atoms with van der Waals surface area (Å²) in [6.07, 6.45) is 0. The van der Waals surface area contributed by atoms with Gasteiger partial charge >= 0.3 is 0 Å². The molecule has 0 spiro atoms. The fourth-order valence-corrected chi connectivity index (χ4v) is 4.51. The van der Waals surface area contributed by atoms with Crippen LogP contribution in [0.2, 0.25) is 0 Å². The number of benzene rings is 3. The van der Waals surface area contributed by atoms with Gasteiger partial charge in [0, 0.05) is 47.3 Å². The van der Waals surface area contributed by atoms with E-state index in [9.17, 15) is 5.26 Å². The number of ether oxygens (including phenoxy) is 2. The smallest absolute Gasteiger partial charge is 0.229 e. The molecule has 2 aromatic heterocycles. The molecular formula is C28H23IN6O2. The molecule has 0 aliphatic heterocycles. The first-order chi connectivity index (χ1) is 18.1. The molecule has 0 aliphatic rings. The summed E-state index contributed by atoms with van der Waals surface area (Å²) in [6.45, 7) is 1.16. The van der Waals surface area contributed by atoms with Gasteiger partial charge in [0.1, 0.15) is 11.5 Å². The van der Waals surface area contributed by atoms with E-state index in [1.165, 1.54) is 0 Å². The lowest BCUT2D eigenvalue weighted by Gasteiger charge is -2.25. The van der Waals surface area contributed by atoms with Gasteiger partial charge in [0.15, 0.2) is 5.65 Å². The Morgan fingerprint density at radius 2 is 1.49 bits per heavy atom. The van der Waals surface area contributed by atoms with Crippen molar-refractivity contribution < 1.29 is 9.47 Å². The molecule has 8 nitrogen and oxygen atoms in total. The van der Waals surface area contributed by atoms with Crippen LogP contribution in [0.4, 0.5) is 5.95 Å². The first kappa shape index (κ1) is 24.5. The highest BCUT2D eigenvalue weighted by Crippen LogP contribution is 2.27. The second-order valence-corrected chi connectivity index (χ2v) is 9.30. The van der Waals surface area contributed by atoms with E-state index in [1.54, 1.807) is 24.8 Å². The number of anilines is 1. The van der Waals surface area contributed by atoms with E-state index >= 15 is 0 Å². The second-order valence-electron chi connectivity index (χ2n) is 8.34. The van der Waals surface area contributed by atoms with Crippen molar-refractivity contribution in [3.05, 3.63) is 99.4 Å². The summed E-state index contributed by atoms with van der Waals surface area (Å²) in [7, 11) is 3.32. The van der Waals surface area contributed by atoms with Crippen molar-refractivity contribution in [2.75, 3.05) is 19.1 Å². The van der Waals surface area contributed by atoms with Crippen LogP contribution in [-0.2, 0) is 13.1 Å². The first-order valence-electron chi connectivity index (χ1n) is 11.5. The molecule has 2 heterocycles. The number of methoxy groups -OCH3 is 2. The van der Waals surface area contributed by atoms with Crippen molar-refractivity contribution in [1.82, 2.24) is 19.6 Å². The summed E-state index contributed by atoms with van der Waals surface area (Å²) in [5.41, 5.74) is 5.01. The van der Waals surface area contributed by atoms with Crippen LogP contribution >= 0.6 is 22.6 Å². The zero-order valence-corrected chi connectivity index (χ0v) is 22.5. The van der Waals surface area contributed by atoms with Gasteiger partial charge in [-0.1, -0.05) is 36.4 Å². The summed E-state index contributed by atoms with van der Waals surface area (Å²) in [6, 6.07) is 27.5. The number of fused-ring (bicyclic) bond motifs is 1. The molecule has 3 aromatic carbocycles. The molecule has 184 valence electrons. The molecule has 0 radical (unpaired) electrons. The molecule has 5 rings (SSSR count). The van der Waals surface area contributed by atoms with Gasteiger partial charge in [-0.2, -0.15) is 9.78 Å². The molecule has 5 aromatic rings. The molecule has 0 fully saturated rings. The lowest BCUT2D eigenvalue weighted by molar-refractivity contribution is 0.414. The molecule has 37 heavy (non-hydrogen) atoms. The third-order valence-corrected chi connectivity index (χ3v) is 6.37. The van der Waals surface area contributed by atoms with E-state index in [4.69, 9.17) is 14.5 Å². The summed E-state index contributed by atoms with van der Waals surface area (Å²) in [4.78, 5) is 11.8. The van der Waals surface area contributed by atoms with Gasteiger partial charge in [-0.05, 0) is 47.5 Å². The molecule has 9 heteroatoms. The average molecular weight is 602 g/mol. The topological polar surface area (TPSA) is 88.6 Å². The largest absolute Gasteiger partial charge is 0.497 e. The van der Waals surface area contributed by atoms with E-state index in [2.05, 4.69) is 43.6 Å². The van der Waals surface area contributed by atoms with Crippen molar-refractivity contribution in [2.45, 2.75) is 13.1 Å². The highest BCUT2D eigenvalue weighted by molar-refractivity contribution is 14.1. The Labute approximate surface area is 228 Å². The van der Waals surface area contributed by atoms with Crippen LogP contribution in [0.5, 0.6) is 11.5 Å². The van der Waals surface area contributed by atoms with E-state index in [-0.39, 0.29) is 0 Å². The third-order valence-electron chi connectivity index (χ3n) is 5.92. The second kappa shape index (κ2) is 10.8. The molecular weight excluding hydrogens is 579 g/mol. The van der Waals surface area contributed by atoms with Crippen LogP contribution in [-0.4, -0.2) is 33.8 Å². The van der Waals surface area contributed by atoms with E-state index in [0.29, 0.717) is 34.1 Å². The predicted molar refractivity (Wildman–Crippen MR) is 150 cm³/mol. The molecule has 0 unspecified atom stereocenters. The van der Waals surface area contributed by atoms with Crippen molar-refractivity contribution in [3.63, 3.8) is 0 Å². The van der Waals surface area contributed by atoms with Gasteiger partial charge in [-0.3, -0.25) is 0 Å². The maximum Gasteiger partial charge on any atom is 0.229 e. The van der Waals surface area contributed by atoms with Gasteiger partial charge in [-0.25, -0.2) is 9.97 Å². The molecule has 0 saturated heterocycles. The Morgan fingerprint density at radius 3 is 2.05 bits per heavy atom. The Balaban J connectivity index is 1.63. The van der Waals surface area contributed by atoms with Gasteiger partial charge in [0.05, 0.1) is 31.5 Å². The van der Waals surface area contributed by atoms with E-state index in [0.717, 1.165) is 33.9 Å². The fourth-order valence-electron chi connectivity index (χ4n) is 4.05. The zero-order valence-electron chi connectivity index (χ0n) is 20.3. The highest BCUT2D eigenvalue weighted by atomic mass is 127. The Morgan fingerprint density at radius 1 is 0.865 bits per heavy atom. The maximum atomic E-state index is 9.41. The van der Waals surface area contributed by atoms with Crippen molar-refractivity contribution in [3.8, 4) is 28.8 Å². The summed E-state index contributed by atoms with van der Waals surface area (Å²) < 4.78 is 13.1. The van der Waals surface area contributed by atoms with Crippen LogP contribution in [0, 0.1) is 15.2 Å². The number of hydrogen-bond acceptors (Lipinski definition) is 7. The third kappa shape index (κ3) is 5.49. The minimum absolute atomic E-state index is 0.574. The van der Waals surface area contributed by atoms with Crippen LogP contribution in [0.15, 0.2) is 78.9 Å². The SMILES string of the molecule is COc1ccc(CN(Cc2ccc(OC)cc2)c2nc(-c3cccc(C#N)c3)cc3nc(I)nn23)cc1. The minimum Gasteiger partial charge on any atom is -0.497 e. The lowest BCUT2D eigenvalue weighted by Crippen LogP contribution is -2.26. The van der Waals surface area contributed by atoms with Crippen LogP contribution in [0.3, 0.4) is 0 Å². The van der Waals surface area contributed by atoms with Gasteiger partial charge in [0.2, 0.25) is 9.78 Å². The quantitative estimate of drug-likeness (QED) is 0.217. The van der Waals surface area contributed by atoms with Crippen LogP contribution in [0.1, 0.15) is 16.7 Å². The number of nitrogens with zero attached hydrogens (tertiary/aromatic N) is 6. The number of halogens is 1. The number of nitriles is 1. The normalized spacial score (nSPS) is 10.8. The molecule has 0 N–H and O–H groups in total. The van der Waals surface area contributed by atoms with Gasteiger partial charge in [0.25, 0.3) is 0 Å². The highest BCUT2D eigenvalue weighted by Gasteiger charge is 2.19. The summed E-state index contributed by atoms with van der Waals surface area (Å²) >= 11 is 2.11. The molecule has 0 atom stereocenters. The Kier molecular flexibility index (Phi) is 7.18. The average Bonchev–Trinajstić information content (AvgIpc) is 3.33. The summed E-state index contributed by atoms with van der Waals surface area (Å²) in [5, 5.41) is 14.0. The maximum absolute atomic E-state index is 9.41. The van der Waals surface area contributed by atoms with Crippen molar-refractivity contribution in [1.29, 1.82) is 5.26 Å². The summed E-state index contributed by atoms with van der Waals surface area (Å²) in [5.74, 6) is 2.25. The molecule has 0 saturated carbocycles. The molecule has 0 bridgehead atoms. The van der Waals surface area contributed by atoms with Crippen LogP contribution in [0.25, 0.3) is 16.9 Å². The fraction of sp³-hybridized carbons (Fsp3) is 0.143. The van der Waals surface area contributed by atoms with Crippen LogP contribution < -0.4 is 14.4 Å². The lowest BCUT2D eigenvalue weighted by atomic mass is 10.1. The standard InChI is InChI=1S/C28H23IN6O2/c1-36-23-10-6-19(7-11-23)17-34(18-20-8-12-24(37-2)13-9-20)28-31-25(15-26-32-27(29)33-35(26)28)22-5-3-4-21(14-22)16-30/h3-15H,17-18H2,1-2H3. The first-order valence-corrected chi connectivity index (χ1v) is 12.6. The number of hydrogen-bond donors (Lipinski definition) is 0. The molecule has 0 amide bonds. The minimum atomic E-state index is 0.574.